The summed E-state index contributed by atoms with van der Waals surface area (Å²) in [5.41, 5.74) is 1.63. The highest BCUT2D eigenvalue weighted by Gasteiger charge is 2.16. The van der Waals surface area contributed by atoms with Crippen LogP contribution in [-0.4, -0.2) is 27.3 Å². The first-order valence-corrected chi connectivity index (χ1v) is 10.6. The number of aromatic nitrogens is 2. The van der Waals surface area contributed by atoms with Crippen LogP contribution in [0.2, 0.25) is 0 Å². The molecule has 0 saturated carbocycles. The van der Waals surface area contributed by atoms with E-state index in [1.165, 1.54) is 29.2 Å². The molecule has 0 aliphatic carbocycles. The third kappa shape index (κ3) is 6.55. The molecule has 0 fully saturated rings. The molecule has 2 N–H and O–H groups in total. The molecule has 1 atom stereocenters. The molecule has 8 heteroatoms. The zero-order chi connectivity index (χ0) is 20.6. The Morgan fingerprint density at radius 1 is 1.07 bits per heavy atom. The summed E-state index contributed by atoms with van der Waals surface area (Å²) in [5.74, 6) is -0.361. The Morgan fingerprint density at radius 3 is 2.59 bits per heavy atom. The SMILES string of the molecule is Cc1nnc(NC(=O)C(C)Sc2cccc(NC(=O)/C=C/c3ccccc3)c2)s1. The van der Waals surface area contributed by atoms with Gasteiger partial charge in [-0.1, -0.05) is 47.7 Å². The molecule has 148 valence electrons. The van der Waals surface area contributed by atoms with E-state index in [1.54, 1.807) is 6.08 Å². The lowest BCUT2D eigenvalue weighted by atomic mass is 10.2. The van der Waals surface area contributed by atoms with Crippen LogP contribution in [0.4, 0.5) is 10.8 Å². The van der Waals surface area contributed by atoms with Crippen molar-refractivity contribution in [1.29, 1.82) is 0 Å². The number of carbonyl (C=O) groups excluding carboxylic acids is 2. The van der Waals surface area contributed by atoms with Crippen LogP contribution < -0.4 is 10.6 Å². The average molecular weight is 425 g/mol. The molecule has 3 rings (SSSR count). The van der Waals surface area contributed by atoms with Crippen LogP contribution in [0.25, 0.3) is 6.08 Å². The van der Waals surface area contributed by atoms with Crippen molar-refractivity contribution in [3.05, 3.63) is 71.2 Å². The van der Waals surface area contributed by atoms with Gasteiger partial charge in [0.05, 0.1) is 5.25 Å². The summed E-state index contributed by atoms with van der Waals surface area (Å²) < 4.78 is 0. The number of hydrogen-bond acceptors (Lipinski definition) is 6. The summed E-state index contributed by atoms with van der Waals surface area (Å²) in [6, 6.07) is 17.0. The number of hydrogen-bond donors (Lipinski definition) is 2. The van der Waals surface area contributed by atoms with Crippen LogP contribution in [-0.2, 0) is 9.59 Å². The van der Waals surface area contributed by atoms with Crippen molar-refractivity contribution in [2.24, 2.45) is 0 Å². The van der Waals surface area contributed by atoms with Crippen molar-refractivity contribution in [3.8, 4) is 0 Å². The molecule has 0 spiro atoms. The van der Waals surface area contributed by atoms with Gasteiger partial charge in [0.25, 0.3) is 0 Å². The lowest BCUT2D eigenvalue weighted by Gasteiger charge is -2.11. The fourth-order valence-corrected chi connectivity index (χ4v) is 3.90. The topological polar surface area (TPSA) is 84.0 Å². The fourth-order valence-electron chi connectivity index (χ4n) is 2.38. The number of thioether (sulfide) groups is 1. The largest absolute Gasteiger partial charge is 0.322 e. The van der Waals surface area contributed by atoms with Crippen molar-refractivity contribution < 1.29 is 9.59 Å². The molecule has 0 radical (unpaired) electrons. The summed E-state index contributed by atoms with van der Waals surface area (Å²) in [4.78, 5) is 25.4. The predicted octanol–water partition coefficient (Wildman–Crippen LogP) is 4.62. The predicted molar refractivity (Wildman–Crippen MR) is 119 cm³/mol. The van der Waals surface area contributed by atoms with Crippen molar-refractivity contribution in [2.45, 2.75) is 24.0 Å². The molecule has 1 aromatic heterocycles. The van der Waals surface area contributed by atoms with Crippen LogP contribution in [0.1, 0.15) is 17.5 Å². The number of nitrogens with one attached hydrogen (secondary N) is 2. The van der Waals surface area contributed by atoms with Crippen molar-refractivity contribution in [1.82, 2.24) is 10.2 Å². The third-order valence-electron chi connectivity index (χ3n) is 3.77. The third-order valence-corrected chi connectivity index (χ3v) is 5.61. The number of aryl methyl sites for hydroxylation is 1. The van der Waals surface area contributed by atoms with Gasteiger partial charge in [-0.2, -0.15) is 0 Å². The van der Waals surface area contributed by atoms with Gasteiger partial charge < -0.3 is 5.32 Å². The Balaban J connectivity index is 1.56. The molecule has 2 aromatic carbocycles. The Hall–Kier alpha value is -2.97. The second-order valence-corrected chi connectivity index (χ2v) is 8.73. The molecule has 1 unspecified atom stereocenters. The normalized spacial score (nSPS) is 11.9. The summed E-state index contributed by atoms with van der Waals surface area (Å²) >= 11 is 2.74. The maximum absolute atomic E-state index is 12.3. The van der Waals surface area contributed by atoms with Gasteiger partial charge in [0.1, 0.15) is 5.01 Å². The van der Waals surface area contributed by atoms with Gasteiger partial charge in [0, 0.05) is 16.7 Å². The highest BCUT2D eigenvalue weighted by atomic mass is 32.2. The van der Waals surface area contributed by atoms with Crippen LogP contribution in [0.15, 0.2) is 65.6 Å². The number of benzene rings is 2. The molecule has 1 heterocycles. The maximum atomic E-state index is 12.3. The monoisotopic (exact) mass is 424 g/mol. The first-order valence-electron chi connectivity index (χ1n) is 8.91. The van der Waals surface area contributed by atoms with Gasteiger partial charge in [0.2, 0.25) is 16.9 Å². The van der Waals surface area contributed by atoms with E-state index in [9.17, 15) is 9.59 Å². The molecular weight excluding hydrogens is 404 g/mol. The Bertz CT molecular complexity index is 1020. The quantitative estimate of drug-likeness (QED) is 0.427. The smallest absolute Gasteiger partial charge is 0.248 e. The van der Waals surface area contributed by atoms with Gasteiger partial charge in [-0.15, -0.1) is 22.0 Å². The van der Waals surface area contributed by atoms with Crippen molar-refractivity contribution >= 4 is 51.8 Å². The first-order chi connectivity index (χ1) is 14.0. The highest BCUT2D eigenvalue weighted by molar-refractivity contribution is 8.00. The van der Waals surface area contributed by atoms with E-state index >= 15 is 0 Å². The van der Waals surface area contributed by atoms with Gasteiger partial charge >= 0.3 is 0 Å². The average Bonchev–Trinajstić information content (AvgIpc) is 3.12. The molecule has 2 amide bonds. The zero-order valence-corrected chi connectivity index (χ0v) is 17.6. The minimum Gasteiger partial charge on any atom is -0.322 e. The fraction of sp³-hybridized carbons (Fsp3) is 0.143. The summed E-state index contributed by atoms with van der Waals surface area (Å²) in [6.07, 6.45) is 3.25. The lowest BCUT2D eigenvalue weighted by molar-refractivity contribution is -0.115. The summed E-state index contributed by atoms with van der Waals surface area (Å²) in [6.45, 7) is 3.65. The van der Waals surface area contributed by atoms with Crippen molar-refractivity contribution in [3.63, 3.8) is 0 Å². The zero-order valence-electron chi connectivity index (χ0n) is 16.0. The molecule has 0 saturated heterocycles. The van der Waals surface area contributed by atoms with E-state index in [0.29, 0.717) is 10.8 Å². The van der Waals surface area contributed by atoms with Gasteiger partial charge in [0.15, 0.2) is 0 Å². The van der Waals surface area contributed by atoms with Gasteiger partial charge in [-0.3, -0.25) is 14.9 Å². The number of carbonyl (C=O) groups is 2. The molecule has 0 aliphatic heterocycles. The second-order valence-electron chi connectivity index (χ2n) is 6.14. The van der Waals surface area contributed by atoms with Crippen LogP contribution >= 0.6 is 23.1 Å². The molecule has 0 bridgehead atoms. The van der Waals surface area contributed by atoms with E-state index in [-0.39, 0.29) is 17.1 Å². The molecule has 0 aliphatic rings. The molecule has 6 nitrogen and oxygen atoms in total. The van der Waals surface area contributed by atoms with E-state index in [1.807, 2.05) is 68.4 Å². The van der Waals surface area contributed by atoms with Crippen LogP contribution in [0, 0.1) is 6.92 Å². The van der Waals surface area contributed by atoms with E-state index in [0.717, 1.165) is 15.5 Å². The van der Waals surface area contributed by atoms with Crippen molar-refractivity contribution in [2.75, 3.05) is 10.6 Å². The first kappa shape index (κ1) is 20.8. The standard InChI is InChI=1S/C21H20N4O2S2/c1-14(20(27)23-21-25-24-15(2)29-21)28-18-10-6-9-17(13-18)22-19(26)12-11-16-7-4-3-5-8-16/h3-14H,1-2H3,(H,22,26)(H,23,25,27)/b12-11+. The highest BCUT2D eigenvalue weighted by Crippen LogP contribution is 2.27. The maximum Gasteiger partial charge on any atom is 0.248 e. The summed E-state index contributed by atoms with van der Waals surface area (Å²) in [7, 11) is 0. The van der Waals surface area contributed by atoms with Crippen LogP contribution in [0.3, 0.4) is 0 Å². The number of nitrogens with zero attached hydrogens (tertiary/aromatic N) is 2. The van der Waals surface area contributed by atoms with E-state index in [2.05, 4.69) is 20.8 Å². The minimum absolute atomic E-state index is 0.147. The number of amides is 2. The summed E-state index contributed by atoms with van der Waals surface area (Å²) in [5, 5.41) is 14.4. The molecular formula is C21H20N4O2S2. The molecule has 29 heavy (non-hydrogen) atoms. The molecule has 3 aromatic rings. The van der Waals surface area contributed by atoms with E-state index in [4.69, 9.17) is 0 Å². The number of anilines is 2. The Kier molecular flexibility index (Phi) is 7.15. The van der Waals surface area contributed by atoms with Crippen LogP contribution in [0.5, 0.6) is 0 Å². The van der Waals surface area contributed by atoms with Gasteiger partial charge in [-0.05, 0) is 43.7 Å². The minimum atomic E-state index is -0.330. The Morgan fingerprint density at radius 2 is 1.86 bits per heavy atom. The van der Waals surface area contributed by atoms with E-state index < -0.39 is 0 Å². The lowest BCUT2D eigenvalue weighted by Crippen LogP contribution is -2.22. The van der Waals surface area contributed by atoms with Gasteiger partial charge in [-0.25, -0.2) is 0 Å². The second kappa shape index (κ2) is 9.99. The Labute approximate surface area is 177 Å². The number of rotatable bonds is 7.